The highest BCUT2D eigenvalue weighted by atomic mass is 16.7. The van der Waals surface area contributed by atoms with Crippen molar-refractivity contribution in [1.29, 1.82) is 0 Å². The van der Waals surface area contributed by atoms with Crippen LogP contribution in [0.4, 0.5) is 4.79 Å². The van der Waals surface area contributed by atoms with Crippen molar-refractivity contribution in [2.24, 2.45) is 0 Å². The maximum Gasteiger partial charge on any atom is 0.408 e. The first-order chi connectivity index (χ1) is 14.8. The predicted molar refractivity (Wildman–Crippen MR) is 114 cm³/mol. The van der Waals surface area contributed by atoms with E-state index in [-0.39, 0.29) is 13.4 Å². The third-order valence-corrected chi connectivity index (χ3v) is 4.63. The minimum Gasteiger partial charge on any atom is -0.454 e. The molecule has 1 amide bonds. The molecule has 2 N–H and O–H groups in total. The molecule has 8 nitrogen and oxygen atoms in total. The molecule has 8 heteroatoms. The lowest BCUT2D eigenvalue weighted by Gasteiger charge is -2.22. The van der Waals surface area contributed by atoms with Gasteiger partial charge in [0, 0.05) is 5.56 Å². The third-order valence-electron chi connectivity index (χ3n) is 4.63. The van der Waals surface area contributed by atoms with E-state index >= 15 is 0 Å². The van der Waals surface area contributed by atoms with E-state index in [4.69, 9.17) is 14.2 Å². The molecule has 31 heavy (non-hydrogen) atoms. The number of fused-ring (bicyclic) bond motifs is 1. The minimum absolute atomic E-state index is 0.189. The van der Waals surface area contributed by atoms with Crippen molar-refractivity contribution in [3.8, 4) is 28.4 Å². The molecule has 2 heterocycles. The molecule has 2 aromatic carbocycles. The average molecular weight is 423 g/mol. The first kappa shape index (κ1) is 20.7. The maximum atomic E-state index is 12.3. The van der Waals surface area contributed by atoms with Crippen LogP contribution in [0.25, 0.3) is 16.9 Å². The summed E-state index contributed by atoms with van der Waals surface area (Å²) in [7, 11) is 0. The molecular weight excluding hydrogens is 398 g/mol. The van der Waals surface area contributed by atoms with Gasteiger partial charge in [0.15, 0.2) is 11.5 Å². The lowest BCUT2D eigenvalue weighted by Crippen LogP contribution is -2.36. The second kappa shape index (κ2) is 8.31. The van der Waals surface area contributed by atoms with Crippen molar-refractivity contribution < 1.29 is 24.1 Å². The molecule has 0 bridgehead atoms. The molecular formula is C23H25N3O5. The Hall–Kier alpha value is -3.52. The van der Waals surface area contributed by atoms with Crippen LogP contribution < -0.4 is 14.8 Å². The highest BCUT2D eigenvalue weighted by Gasteiger charge is 2.24. The zero-order valence-electron chi connectivity index (χ0n) is 17.7. The summed E-state index contributed by atoms with van der Waals surface area (Å²) in [4.78, 5) is 12.3. The van der Waals surface area contributed by atoms with Crippen molar-refractivity contribution in [2.45, 2.75) is 32.4 Å². The Labute approximate surface area is 180 Å². The topological polar surface area (TPSA) is 94.8 Å². The molecule has 1 aliphatic heterocycles. The number of hydrogen-bond donors (Lipinski definition) is 2. The number of ether oxygens (including phenoxy) is 3. The molecule has 1 atom stereocenters. The molecule has 162 valence electrons. The molecule has 1 aliphatic rings. The van der Waals surface area contributed by atoms with Crippen molar-refractivity contribution in [3.63, 3.8) is 0 Å². The Balaban J connectivity index is 1.72. The van der Waals surface area contributed by atoms with Crippen LogP contribution in [0.5, 0.6) is 11.5 Å². The first-order valence-corrected chi connectivity index (χ1v) is 10.00. The zero-order valence-corrected chi connectivity index (χ0v) is 17.7. The monoisotopic (exact) mass is 423 g/mol. The van der Waals surface area contributed by atoms with Crippen LogP contribution in [0, 0.1) is 0 Å². The summed E-state index contributed by atoms with van der Waals surface area (Å²) in [5, 5.41) is 17.3. The Kier molecular flexibility index (Phi) is 5.56. The van der Waals surface area contributed by atoms with Gasteiger partial charge in [0.25, 0.3) is 0 Å². The molecule has 1 aromatic heterocycles. The van der Waals surface area contributed by atoms with E-state index in [0.29, 0.717) is 17.2 Å². The SMILES string of the molecule is CC(C)(C)OC(=O)N[C@@H](CO)c1cc(-c2ccc3c(c2)OCO3)n(-c2ccccc2)n1. The smallest absolute Gasteiger partial charge is 0.408 e. The molecule has 0 saturated heterocycles. The lowest BCUT2D eigenvalue weighted by molar-refractivity contribution is 0.0480. The lowest BCUT2D eigenvalue weighted by atomic mass is 10.1. The van der Waals surface area contributed by atoms with E-state index in [9.17, 15) is 9.90 Å². The van der Waals surface area contributed by atoms with Gasteiger partial charge in [-0.05, 0) is 57.2 Å². The molecule has 0 saturated carbocycles. The zero-order chi connectivity index (χ0) is 22.0. The van der Waals surface area contributed by atoms with Crippen LogP contribution in [0.1, 0.15) is 32.5 Å². The number of nitrogens with one attached hydrogen (secondary N) is 1. The Morgan fingerprint density at radius 3 is 2.61 bits per heavy atom. The van der Waals surface area contributed by atoms with Crippen LogP contribution in [0.15, 0.2) is 54.6 Å². The average Bonchev–Trinajstić information content (AvgIpc) is 3.38. The van der Waals surface area contributed by atoms with Crippen molar-refractivity contribution in [1.82, 2.24) is 15.1 Å². The van der Waals surface area contributed by atoms with Gasteiger partial charge in [-0.3, -0.25) is 0 Å². The van der Waals surface area contributed by atoms with Gasteiger partial charge in [-0.15, -0.1) is 0 Å². The third kappa shape index (κ3) is 4.64. The van der Waals surface area contributed by atoms with E-state index in [1.54, 1.807) is 25.5 Å². The Bertz CT molecular complexity index is 1070. The highest BCUT2D eigenvalue weighted by molar-refractivity contribution is 5.69. The molecule has 0 unspecified atom stereocenters. The number of aromatic nitrogens is 2. The molecule has 0 spiro atoms. The van der Waals surface area contributed by atoms with Crippen LogP contribution >= 0.6 is 0 Å². The van der Waals surface area contributed by atoms with Gasteiger partial charge in [0.1, 0.15) is 5.60 Å². The standard InChI is InChI=1S/C23H25N3O5/c1-23(2,3)31-22(28)24-18(13-27)17-12-19(26(25-17)16-7-5-4-6-8-16)15-9-10-20-21(11-15)30-14-29-20/h4-12,18,27H,13-14H2,1-3H3,(H,24,28)/t18-/m0/s1. The highest BCUT2D eigenvalue weighted by Crippen LogP contribution is 2.37. The van der Waals surface area contributed by atoms with Crippen molar-refractivity contribution in [3.05, 3.63) is 60.3 Å². The number of carbonyl (C=O) groups is 1. The van der Waals surface area contributed by atoms with Gasteiger partial charge in [0.2, 0.25) is 6.79 Å². The number of aliphatic hydroxyl groups excluding tert-OH is 1. The van der Waals surface area contributed by atoms with E-state index in [1.165, 1.54) is 0 Å². The van der Waals surface area contributed by atoms with Crippen LogP contribution in [-0.2, 0) is 4.74 Å². The molecule has 0 fully saturated rings. The van der Waals surface area contributed by atoms with E-state index in [2.05, 4.69) is 10.4 Å². The fourth-order valence-electron chi connectivity index (χ4n) is 3.26. The molecule has 4 rings (SSSR count). The van der Waals surface area contributed by atoms with Crippen molar-refractivity contribution in [2.75, 3.05) is 13.4 Å². The van der Waals surface area contributed by atoms with E-state index in [1.807, 2.05) is 54.6 Å². The Morgan fingerprint density at radius 2 is 1.90 bits per heavy atom. The second-order valence-corrected chi connectivity index (χ2v) is 8.15. The summed E-state index contributed by atoms with van der Waals surface area (Å²) in [6.45, 7) is 5.20. The number of aliphatic hydroxyl groups is 1. The number of hydrogen-bond acceptors (Lipinski definition) is 6. The van der Waals surface area contributed by atoms with Crippen LogP contribution in [0.2, 0.25) is 0 Å². The number of rotatable bonds is 5. The number of alkyl carbamates (subject to hydrolysis) is 1. The summed E-state index contributed by atoms with van der Waals surface area (Å²) in [6, 6.07) is 16.4. The van der Waals surface area contributed by atoms with Crippen LogP contribution in [-0.4, -0.2) is 40.0 Å². The molecule has 3 aromatic rings. The summed E-state index contributed by atoms with van der Waals surface area (Å²) < 4.78 is 18.0. The van der Waals surface area contributed by atoms with Crippen LogP contribution in [0.3, 0.4) is 0 Å². The van der Waals surface area contributed by atoms with Gasteiger partial charge in [0.05, 0.1) is 29.7 Å². The number of nitrogens with zero attached hydrogens (tertiary/aromatic N) is 2. The summed E-state index contributed by atoms with van der Waals surface area (Å²) in [5.74, 6) is 1.35. The molecule has 0 radical (unpaired) electrons. The summed E-state index contributed by atoms with van der Waals surface area (Å²) >= 11 is 0. The largest absolute Gasteiger partial charge is 0.454 e. The predicted octanol–water partition coefficient (Wildman–Crippen LogP) is 3.83. The normalized spacial score (nSPS) is 13.7. The Morgan fingerprint density at radius 1 is 1.16 bits per heavy atom. The quantitative estimate of drug-likeness (QED) is 0.648. The van der Waals surface area contributed by atoms with Gasteiger partial charge in [-0.1, -0.05) is 18.2 Å². The van der Waals surface area contributed by atoms with Gasteiger partial charge in [-0.25, -0.2) is 9.48 Å². The van der Waals surface area contributed by atoms with Gasteiger partial charge >= 0.3 is 6.09 Å². The van der Waals surface area contributed by atoms with Crippen molar-refractivity contribution >= 4 is 6.09 Å². The van der Waals surface area contributed by atoms with Gasteiger partial charge in [-0.2, -0.15) is 5.10 Å². The fourth-order valence-corrected chi connectivity index (χ4v) is 3.26. The summed E-state index contributed by atoms with van der Waals surface area (Å²) in [5.41, 5.74) is 2.34. The molecule has 0 aliphatic carbocycles. The number of amides is 1. The number of para-hydroxylation sites is 1. The maximum absolute atomic E-state index is 12.3. The summed E-state index contributed by atoms with van der Waals surface area (Å²) in [6.07, 6.45) is -0.620. The first-order valence-electron chi connectivity index (χ1n) is 10.00. The minimum atomic E-state index is -0.729. The van der Waals surface area contributed by atoms with Gasteiger partial charge < -0.3 is 24.6 Å². The second-order valence-electron chi connectivity index (χ2n) is 8.15. The number of carbonyl (C=O) groups excluding carboxylic acids is 1. The van der Waals surface area contributed by atoms with E-state index < -0.39 is 17.7 Å². The van der Waals surface area contributed by atoms with E-state index in [0.717, 1.165) is 16.9 Å². The fraction of sp³-hybridized carbons (Fsp3) is 0.304. The number of benzene rings is 2.